The lowest BCUT2D eigenvalue weighted by Crippen LogP contribution is -2.11. The molecule has 0 fully saturated rings. The highest BCUT2D eigenvalue weighted by molar-refractivity contribution is 6.14. The van der Waals surface area contributed by atoms with Crippen molar-refractivity contribution in [2.45, 2.75) is 0 Å². The van der Waals surface area contributed by atoms with Crippen LogP contribution >= 0.6 is 0 Å². The van der Waals surface area contributed by atoms with Crippen molar-refractivity contribution in [3.8, 4) is 44.5 Å². The quantitative estimate of drug-likeness (QED) is 0.161. The standard InChI is InChI=1S/C60H37NO3/c1-3-15-38(16-4-1)40-33-41(39-17-5-2-6-18-39)35-44(34-40)61(43-30-32-58-54(37-43)48-21-9-10-26-55(48)62-58)42-29-31-45(49-22-13-23-50-46-19-7-11-27-56(46)63-59(49)50)53(36-42)52-25-14-24-51-47-20-8-12-28-57(47)64-60(51)52/h1-37H. The Labute approximate surface area is 368 Å². The highest BCUT2D eigenvalue weighted by Gasteiger charge is 2.23. The first-order valence-corrected chi connectivity index (χ1v) is 21.6. The number of nitrogens with zero attached hydrogens (tertiary/aromatic N) is 1. The molecule has 0 aliphatic rings. The largest absolute Gasteiger partial charge is 0.456 e. The molecule has 4 nitrogen and oxygen atoms in total. The Hall–Kier alpha value is -8.60. The van der Waals surface area contributed by atoms with E-state index in [1.165, 1.54) is 0 Å². The number of rotatable bonds is 7. The van der Waals surface area contributed by atoms with Gasteiger partial charge >= 0.3 is 0 Å². The first-order chi connectivity index (χ1) is 31.7. The van der Waals surface area contributed by atoms with E-state index >= 15 is 0 Å². The molecule has 0 atom stereocenters. The van der Waals surface area contributed by atoms with Crippen molar-refractivity contribution in [1.82, 2.24) is 0 Å². The second-order valence-electron chi connectivity index (χ2n) is 16.4. The predicted molar refractivity (Wildman–Crippen MR) is 265 cm³/mol. The fraction of sp³-hybridized carbons (Fsp3) is 0. The van der Waals surface area contributed by atoms with Crippen LogP contribution < -0.4 is 4.90 Å². The molecular weight excluding hydrogens is 783 g/mol. The summed E-state index contributed by atoms with van der Waals surface area (Å²) in [4.78, 5) is 2.38. The number of hydrogen-bond acceptors (Lipinski definition) is 4. The third kappa shape index (κ3) is 5.84. The highest BCUT2D eigenvalue weighted by atomic mass is 16.3. The van der Waals surface area contributed by atoms with Gasteiger partial charge in [0, 0.05) is 60.5 Å². The number of anilines is 3. The zero-order chi connectivity index (χ0) is 42.1. The average Bonchev–Trinajstić information content (AvgIpc) is 4.06. The van der Waals surface area contributed by atoms with Crippen molar-refractivity contribution in [2.24, 2.45) is 0 Å². The summed E-state index contributed by atoms with van der Waals surface area (Å²) in [6.45, 7) is 0. The second-order valence-corrected chi connectivity index (χ2v) is 16.4. The van der Waals surface area contributed by atoms with E-state index in [-0.39, 0.29) is 0 Å². The van der Waals surface area contributed by atoms with Crippen LogP contribution in [0.4, 0.5) is 17.1 Å². The first kappa shape index (κ1) is 36.1. The van der Waals surface area contributed by atoms with Gasteiger partial charge in [0.15, 0.2) is 0 Å². The van der Waals surface area contributed by atoms with Gasteiger partial charge in [-0.2, -0.15) is 0 Å². The second kappa shape index (κ2) is 14.5. The van der Waals surface area contributed by atoms with Gasteiger partial charge in [-0.15, -0.1) is 0 Å². The molecule has 3 heterocycles. The van der Waals surface area contributed by atoms with Crippen molar-refractivity contribution in [3.05, 3.63) is 224 Å². The van der Waals surface area contributed by atoms with E-state index in [0.29, 0.717) is 0 Å². The van der Waals surface area contributed by atoms with E-state index in [9.17, 15) is 0 Å². The summed E-state index contributed by atoms with van der Waals surface area (Å²) in [6.07, 6.45) is 0. The Kier molecular flexibility index (Phi) is 8.18. The van der Waals surface area contributed by atoms with Gasteiger partial charge in [0.2, 0.25) is 0 Å². The van der Waals surface area contributed by atoms with E-state index in [2.05, 4.69) is 193 Å². The number of fused-ring (bicyclic) bond motifs is 9. The molecule has 4 heteroatoms. The van der Waals surface area contributed by atoms with Crippen LogP contribution in [0.2, 0.25) is 0 Å². The molecule has 0 bridgehead atoms. The van der Waals surface area contributed by atoms with Crippen LogP contribution in [0.1, 0.15) is 0 Å². The zero-order valence-electron chi connectivity index (χ0n) is 34.5. The fourth-order valence-corrected chi connectivity index (χ4v) is 9.68. The van der Waals surface area contributed by atoms with Gasteiger partial charge in [0.1, 0.15) is 33.5 Å². The first-order valence-electron chi connectivity index (χ1n) is 21.6. The molecule has 13 aromatic rings. The lowest BCUT2D eigenvalue weighted by molar-refractivity contribution is 0.669. The van der Waals surface area contributed by atoms with Crippen molar-refractivity contribution < 1.29 is 13.3 Å². The van der Waals surface area contributed by atoms with E-state index in [1.807, 2.05) is 36.4 Å². The van der Waals surface area contributed by atoms with Gasteiger partial charge in [0.25, 0.3) is 0 Å². The molecule has 0 aliphatic heterocycles. The number of benzene rings is 10. The van der Waals surface area contributed by atoms with Gasteiger partial charge in [-0.3, -0.25) is 0 Å². The van der Waals surface area contributed by atoms with Gasteiger partial charge in [-0.1, -0.05) is 158 Å². The molecule has 0 N–H and O–H groups in total. The molecule has 0 spiro atoms. The molecule has 300 valence electrons. The molecule has 0 saturated heterocycles. The summed E-state index contributed by atoms with van der Waals surface area (Å²) in [5, 5.41) is 6.47. The maximum atomic E-state index is 6.80. The summed E-state index contributed by atoms with van der Waals surface area (Å²) in [6, 6.07) is 79.3. The third-order valence-corrected chi connectivity index (χ3v) is 12.7. The Morgan fingerprint density at radius 2 is 0.688 bits per heavy atom. The molecule has 0 saturated carbocycles. The molecule has 3 aromatic heterocycles. The van der Waals surface area contributed by atoms with Crippen LogP contribution in [0.5, 0.6) is 0 Å². The summed E-state index contributed by atoms with van der Waals surface area (Å²) < 4.78 is 19.9. The minimum Gasteiger partial charge on any atom is -0.456 e. The minimum absolute atomic E-state index is 0.842. The fourth-order valence-electron chi connectivity index (χ4n) is 9.68. The Balaban J connectivity index is 1.11. The summed E-state index contributed by atoms with van der Waals surface area (Å²) in [5.74, 6) is 0. The Morgan fingerprint density at radius 1 is 0.234 bits per heavy atom. The molecule has 0 aliphatic carbocycles. The van der Waals surface area contributed by atoms with Crippen molar-refractivity contribution in [1.29, 1.82) is 0 Å². The smallest absolute Gasteiger partial charge is 0.143 e. The van der Waals surface area contributed by atoms with Crippen LogP contribution in [-0.4, -0.2) is 0 Å². The maximum Gasteiger partial charge on any atom is 0.143 e. The van der Waals surface area contributed by atoms with E-state index in [1.54, 1.807) is 0 Å². The van der Waals surface area contributed by atoms with Crippen LogP contribution in [0.15, 0.2) is 238 Å². The van der Waals surface area contributed by atoms with E-state index in [0.717, 1.165) is 127 Å². The van der Waals surface area contributed by atoms with Crippen LogP contribution in [0.25, 0.3) is 110 Å². The van der Waals surface area contributed by atoms with Gasteiger partial charge < -0.3 is 18.2 Å². The molecule has 13 rings (SSSR count). The van der Waals surface area contributed by atoms with E-state index < -0.39 is 0 Å². The monoisotopic (exact) mass is 819 g/mol. The van der Waals surface area contributed by atoms with Gasteiger partial charge in [-0.25, -0.2) is 0 Å². The number of furan rings is 3. The van der Waals surface area contributed by atoms with E-state index in [4.69, 9.17) is 13.3 Å². The third-order valence-electron chi connectivity index (χ3n) is 12.7. The molecular formula is C60H37NO3. The van der Waals surface area contributed by atoms with Crippen LogP contribution in [-0.2, 0) is 0 Å². The van der Waals surface area contributed by atoms with Crippen molar-refractivity contribution in [3.63, 3.8) is 0 Å². The summed E-state index contributed by atoms with van der Waals surface area (Å²) in [5.41, 5.74) is 16.7. The lowest BCUT2D eigenvalue weighted by Gasteiger charge is -2.28. The van der Waals surface area contributed by atoms with Gasteiger partial charge in [0.05, 0.1) is 0 Å². The molecule has 10 aromatic carbocycles. The maximum absolute atomic E-state index is 6.80. The SMILES string of the molecule is c1ccc(-c2cc(-c3ccccc3)cc(N(c3ccc(-c4cccc5c4oc4ccccc45)c(-c4cccc5c4oc4ccccc45)c3)c3ccc4oc5ccccc5c4c3)c2)cc1. The normalized spacial score (nSPS) is 11.8. The summed E-state index contributed by atoms with van der Waals surface area (Å²) in [7, 11) is 0. The predicted octanol–water partition coefficient (Wildman–Crippen LogP) is 17.5. The highest BCUT2D eigenvalue weighted by Crippen LogP contribution is 2.48. The molecule has 0 unspecified atom stereocenters. The average molecular weight is 820 g/mol. The molecule has 0 radical (unpaired) electrons. The number of para-hydroxylation sites is 5. The van der Waals surface area contributed by atoms with Crippen molar-refractivity contribution in [2.75, 3.05) is 4.90 Å². The Bertz CT molecular complexity index is 3850. The van der Waals surface area contributed by atoms with Crippen LogP contribution in [0, 0.1) is 0 Å². The number of hydrogen-bond donors (Lipinski definition) is 0. The lowest BCUT2D eigenvalue weighted by atomic mass is 9.91. The Morgan fingerprint density at radius 3 is 1.28 bits per heavy atom. The topological polar surface area (TPSA) is 42.7 Å². The minimum atomic E-state index is 0.842. The molecule has 64 heavy (non-hydrogen) atoms. The summed E-state index contributed by atoms with van der Waals surface area (Å²) >= 11 is 0. The molecule has 0 amide bonds. The van der Waals surface area contributed by atoms with Gasteiger partial charge in [-0.05, 0) is 100 Å². The zero-order valence-corrected chi connectivity index (χ0v) is 34.5. The van der Waals surface area contributed by atoms with Crippen molar-refractivity contribution >= 4 is 82.9 Å². The van der Waals surface area contributed by atoms with Crippen LogP contribution in [0.3, 0.4) is 0 Å².